The maximum Gasteiger partial charge on any atom is 0.243 e. The van der Waals surface area contributed by atoms with Crippen molar-refractivity contribution in [2.45, 2.75) is 18.7 Å². The average Bonchev–Trinajstić information content (AvgIpc) is 3.07. The zero-order chi connectivity index (χ0) is 19.7. The van der Waals surface area contributed by atoms with Crippen molar-refractivity contribution in [1.82, 2.24) is 24.1 Å². The van der Waals surface area contributed by atoms with Gasteiger partial charge >= 0.3 is 0 Å². The van der Waals surface area contributed by atoms with Gasteiger partial charge in [0.2, 0.25) is 10.0 Å². The second-order valence-electron chi connectivity index (χ2n) is 6.78. The summed E-state index contributed by atoms with van der Waals surface area (Å²) in [6, 6.07) is 12.4. The molecule has 0 bridgehead atoms. The van der Waals surface area contributed by atoms with Crippen LogP contribution < -0.4 is 4.90 Å². The van der Waals surface area contributed by atoms with E-state index >= 15 is 0 Å². The summed E-state index contributed by atoms with van der Waals surface area (Å²) in [5.74, 6) is 1.48. The third-order valence-electron chi connectivity index (χ3n) is 4.81. The number of rotatable bonds is 4. The van der Waals surface area contributed by atoms with Crippen LogP contribution in [0.4, 0.5) is 5.82 Å². The van der Waals surface area contributed by atoms with Crippen LogP contribution in [-0.4, -0.2) is 58.7 Å². The smallest absolute Gasteiger partial charge is 0.243 e. The molecule has 28 heavy (non-hydrogen) atoms. The van der Waals surface area contributed by atoms with Crippen molar-refractivity contribution in [3.05, 3.63) is 60.2 Å². The Kier molecular flexibility index (Phi) is 4.86. The number of piperazine rings is 1. The maximum absolute atomic E-state index is 12.8. The van der Waals surface area contributed by atoms with Crippen LogP contribution in [0.5, 0.6) is 0 Å². The van der Waals surface area contributed by atoms with Gasteiger partial charge in [0, 0.05) is 37.9 Å². The maximum atomic E-state index is 12.8. The third-order valence-corrected chi connectivity index (χ3v) is 6.72. The summed E-state index contributed by atoms with van der Waals surface area (Å²) in [6.45, 7) is 5.89. The fourth-order valence-corrected chi connectivity index (χ4v) is 4.83. The standard InChI is InChI=1S/C19H22N6O2S/c1-15-12-16(2)25(22-15)19-13-18(20-14-21-19)23-8-10-24(11-9-23)28(26,27)17-6-4-3-5-7-17/h3-7,12-14H,8-11H2,1-2H3. The Hall–Kier alpha value is -2.78. The Morgan fingerprint density at radius 1 is 0.893 bits per heavy atom. The Bertz CT molecular complexity index is 1070. The van der Waals surface area contributed by atoms with Gasteiger partial charge in [-0.25, -0.2) is 23.1 Å². The highest BCUT2D eigenvalue weighted by atomic mass is 32.2. The number of anilines is 1. The molecule has 3 aromatic rings. The van der Waals surface area contributed by atoms with Gasteiger partial charge in [0.15, 0.2) is 5.82 Å². The summed E-state index contributed by atoms with van der Waals surface area (Å²) in [5, 5.41) is 4.46. The van der Waals surface area contributed by atoms with E-state index in [1.54, 1.807) is 28.9 Å². The molecule has 9 heteroatoms. The van der Waals surface area contributed by atoms with E-state index in [0.29, 0.717) is 36.9 Å². The molecule has 1 aliphatic heterocycles. The molecule has 0 saturated carbocycles. The largest absolute Gasteiger partial charge is 0.354 e. The van der Waals surface area contributed by atoms with Crippen LogP contribution >= 0.6 is 0 Å². The number of hydrogen-bond acceptors (Lipinski definition) is 6. The van der Waals surface area contributed by atoms with Gasteiger partial charge in [-0.3, -0.25) is 0 Å². The van der Waals surface area contributed by atoms with Crippen LogP contribution in [0, 0.1) is 13.8 Å². The lowest BCUT2D eigenvalue weighted by Gasteiger charge is -2.34. The summed E-state index contributed by atoms with van der Waals surface area (Å²) in [5.41, 5.74) is 1.93. The zero-order valence-corrected chi connectivity index (χ0v) is 16.7. The predicted molar refractivity (Wildman–Crippen MR) is 106 cm³/mol. The first kappa shape index (κ1) is 18.6. The van der Waals surface area contributed by atoms with E-state index in [1.807, 2.05) is 32.0 Å². The van der Waals surface area contributed by atoms with E-state index < -0.39 is 10.0 Å². The van der Waals surface area contributed by atoms with Crippen LogP contribution in [0.2, 0.25) is 0 Å². The summed E-state index contributed by atoms with van der Waals surface area (Å²) in [6.07, 6.45) is 1.52. The van der Waals surface area contributed by atoms with Gasteiger partial charge in [0.25, 0.3) is 0 Å². The first-order valence-electron chi connectivity index (χ1n) is 9.11. The van der Waals surface area contributed by atoms with Crippen LogP contribution in [0.3, 0.4) is 0 Å². The molecule has 0 radical (unpaired) electrons. The SMILES string of the molecule is Cc1cc(C)n(-c2cc(N3CCN(S(=O)(=O)c4ccccc4)CC3)ncn2)n1. The second kappa shape index (κ2) is 7.33. The van der Waals surface area contributed by atoms with E-state index in [0.717, 1.165) is 17.2 Å². The van der Waals surface area contributed by atoms with E-state index in [2.05, 4.69) is 20.0 Å². The molecule has 0 N–H and O–H groups in total. The van der Waals surface area contributed by atoms with Gasteiger partial charge in [-0.15, -0.1) is 0 Å². The zero-order valence-electron chi connectivity index (χ0n) is 15.9. The number of sulfonamides is 1. The Balaban J connectivity index is 1.50. The minimum atomic E-state index is -3.46. The van der Waals surface area contributed by atoms with Gasteiger partial charge in [0.05, 0.1) is 10.6 Å². The molecular formula is C19H22N6O2S. The molecule has 3 heterocycles. The lowest BCUT2D eigenvalue weighted by molar-refractivity contribution is 0.383. The van der Waals surface area contributed by atoms with E-state index in [4.69, 9.17) is 0 Å². The van der Waals surface area contributed by atoms with Crippen molar-refractivity contribution >= 4 is 15.8 Å². The van der Waals surface area contributed by atoms with Crippen LogP contribution in [0.25, 0.3) is 5.82 Å². The molecule has 0 atom stereocenters. The first-order chi connectivity index (χ1) is 13.4. The number of hydrogen-bond donors (Lipinski definition) is 0. The van der Waals surface area contributed by atoms with Crippen LogP contribution in [0.15, 0.2) is 53.7 Å². The molecule has 0 spiro atoms. The molecular weight excluding hydrogens is 376 g/mol. The Morgan fingerprint density at radius 2 is 1.57 bits per heavy atom. The van der Waals surface area contributed by atoms with Crippen LogP contribution in [-0.2, 0) is 10.0 Å². The monoisotopic (exact) mass is 398 g/mol. The molecule has 1 fully saturated rings. The van der Waals surface area contributed by atoms with Crippen molar-refractivity contribution in [2.75, 3.05) is 31.1 Å². The van der Waals surface area contributed by atoms with Crippen molar-refractivity contribution in [3.8, 4) is 5.82 Å². The predicted octanol–water partition coefficient (Wildman–Crippen LogP) is 1.79. The topological polar surface area (TPSA) is 84.2 Å². The summed E-state index contributed by atoms with van der Waals surface area (Å²) < 4.78 is 28.9. The molecule has 0 unspecified atom stereocenters. The van der Waals surface area contributed by atoms with Crippen molar-refractivity contribution < 1.29 is 8.42 Å². The highest BCUT2D eigenvalue weighted by molar-refractivity contribution is 7.89. The summed E-state index contributed by atoms with van der Waals surface area (Å²) in [7, 11) is -3.46. The molecule has 1 aromatic carbocycles. The molecule has 0 amide bonds. The lowest BCUT2D eigenvalue weighted by Crippen LogP contribution is -2.48. The molecule has 146 valence electrons. The molecule has 2 aromatic heterocycles. The molecule has 1 aliphatic rings. The fourth-order valence-electron chi connectivity index (χ4n) is 3.39. The molecule has 8 nitrogen and oxygen atoms in total. The summed E-state index contributed by atoms with van der Waals surface area (Å²) >= 11 is 0. The van der Waals surface area contributed by atoms with Crippen LogP contribution in [0.1, 0.15) is 11.4 Å². The van der Waals surface area contributed by atoms with Crippen molar-refractivity contribution in [3.63, 3.8) is 0 Å². The van der Waals surface area contributed by atoms with Gasteiger partial charge in [-0.05, 0) is 32.0 Å². The molecule has 0 aliphatic carbocycles. The molecule has 4 rings (SSSR count). The van der Waals surface area contributed by atoms with Gasteiger partial charge in [0.1, 0.15) is 12.1 Å². The normalized spacial score (nSPS) is 15.7. The van der Waals surface area contributed by atoms with Gasteiger partial charge in [-0.1, -0.05) is 18.2 Å². The van der Waals surface area contributed by atoms with Gasteiger partial charge in [-0.2, -0.15) is 9.40 Å². The second-order valence-corrected chi connectivity index (χ2v) is 8.72. The average molecular weight is 398 g/mol. The number of benzene rings is 1. The summed E-state index contributed by atoms with van der Waals surface area (Å²) in [4.78, 5) is 11.1. The van der Waals surface area contributed by atoms with E-state index in [9.17, 15) is 8.42 Å². The van der Waals surface area contributed by atoms with E-state index in [-0.39, 0.29) is 0 Å². The minimum Gasteiger partial charge on any atom is -0.354 e. The quantitative estimate of drug-likeness (QED) is 0.666. The minimum absolute atomic E-state index is 0.331. The van der Waals surface area contributed by atoms with E-state index in [1.165, 1.54) is 10.6 Å². The van der Waals surface area contributed by atoms with Crippen molar-refractivity contribution in [2.24, 2.45) is 0 Å². The Morgan fingerprint density at radius 3 is 2.21 bits per heavy atom. The lowest BCUT2D eigenvalue weighted by atomic mass is 10.3. The van der Waals surface area contributed by atoms with Crippen molar-refractivity contribution in [1.29, 1.82) is 0 Å². The highest BCUT2D eigenvalue weighted by Crippen LogP contribution is 2.21. The molecule has 1 saturated heterocycles. The number of aryl methyl sites for hydroxylation is 2. The fraction of sp³-hybridized carbons (Fsp3) is 0.316. The number of nitrogens with zero attached hydrogens (tertiary/aromatic N) is 6. The number of aromatic nitrogens is 4. The third kappa shape index (κ3) is 3.50. The Labute approximate surface area is 164 Å². The van der Waals surface area contributed by atoms with Gasteiger partial charge < -0.3 is 4.90 Å². The first-order valence-corrected chi connectivity index (χ1v) is 10.5. The highest BCUT2D eigenvalue weighted by Gasteiger charge is 2.28.